The van der Waals surface area contributed by atoms with Crippen LogP contribution in [0.2, 0.25) is 0 Å². The number of halogens is 1. The van der Waals surface area contributed by atoms with Gasteiger partial charge in [-0.15, -0.1) is 5.75 Å². The molecule has 1 aromatic rings. The smallest absolute Gasteiger partial charge is 0.785 e. The topological polar surface area (TPSA) is 26.3 Å². The van der Waals surface area contributed by atoms with Crippen LogP contribution >= 0.6 is 0 Å². The van der Waals surface area contributed by atoms with E-state index in [1.54, 1.807) is 6.07 Å². The van der Waals surface area contributed by atoms with Gasteiger partial charge in [0.2, 0.25) is 0 Å². The normalized spacial score (nSPS) is 18.0. The van der Waals surface area contributed by atoms with E-state index in [2.05, 4.69) is 12.6 Å². The van der Waals surface area contributed by atoms with Gasteiger partial charge in [-0.25, -0.2) is 4.39 Å². The van der Waals surface area contributed by atoms with Crippen molar-refractivity contribution in [3.8, 4) is 5.75 Å². The van der Waals surface area contributed by atoms with E-state index in [4.69, 9.17) is 4.74 Å². The Labute approximate surface area is 142 Å². The van der Waals surface area contributed by atoms with Crippen LogP contribution in [0, 0.1) is 5.82 Å². The summed E-state index contributed by atoms with van der Waals surface area (Å²) in [5.74, 6) is 0.330. The number of hydrogen-bond acceptors (Lipinski definition) is 3. The summed E-state index contributed by atoms with van der Waals surface area (Å²) >= 11 is 4.69. The minimum absolute atomic E-state index is 0. The van der Waals surface area contributed by atoms with Crippen LogP contribution in [0.25, 0.3) is 0 Å². The van der Waals surface area contributed by atoms with Crippen molar-refractivity contribution < 1.29 is 65.3 Å². The molecule has 1 unspecified atom stereocenters. The fourth-order valence-corrected chi connectivity index (χ4v) is 1.86. The van der Waals surface area contributed by atoms with Crippen molar-refractivity contribution in [1.82, 2.24) is 0 Å². The van der Waals surface area contributed by atoms with Crippen LogP contribution in [0.15, 0.2) is 18.2 Å². The number of aryl methyl sites for hydroxylation is 1. The van der Waals surface area contributed by atoms with Crippen molar-refractivity contribution in [2.75, 3.05) is 5.75 Å². The molecule has 0 saturated heterocycles. The van der Waals surface area contributed by atoms with E-state index in [1.807, 2.05) is 0 Å². The Balaban J connectivity index is 0.00000128. The van der Waals surface area contributed by atoms with Gasteiger partial charge in [0, 0.05) is 0 Å². The van der Waals surface area contributed by atoms with Gasteiger partial charge < -0.3 is 17.4 Å². The van der Waals surface area contributed by atoms with E-state index >= 15 is 0 Å². The third-order valence-corrected chi connectivity index (χ3v) is 2.75. The number of hydrogen-bond donors (Lipinski definition) is 0. The van der Waals surface area contributed by atoms with Gasteiger partial charge in [-0.1, -0.05) is 0 Å². The number of benzene rings is 1. The second-order valence-electron chi connectivity index (χ2n) is 3.51. The first-order chi connectivity index (χ1) is 7.20. The van der Waals surface area contributed by atoms with Gasteiger partial charge in [-0.2, -0.15) is 0 Å². The maximum Gasteiger partial charge on any atom is 1.00 e. The molecule has 2 rings (SSSR count). The van der Waals surface area contributed by atoms with Crippen molar-refractivity contribution in [1.29, 1.82) is 0 Å². The van der Waals surface area contributed by atoms with Crippen LogP contribution < -0.4 is 56.1 Å². The van der Waals surface area contributed by atoms with Gasteiger partial charge in [0.25, 0.3) is 0 Å². The van der Waals surface area contributed by atoms with Crippen molar-refractivity contribution in [2.45, 2.75) is 18.9 Å². The molecule has 1 aromatic carbocycles. The Bertz CT molecular complexity index is 398. The Morgan fingerprint density at radius 3 is 3.00 bits per heavy atom. The molecule has 1 aliphatic heterocycles. The molecule has 1 heterocycles. The first kappa shape index (κ1) is 14.7. The van der Waals surface area contributed by atoms with E-state index in [-0.39, 0.29) is 68.7 Å². The molecule has 1 atom stereocenters. The summed E-state index contributed by atoms with van der Waals surface area (Å²) in [6.45, 7) is 0. The molecule has 0 amide bonds. The number of Topliss-reactive ketones (excluding diaryl/α,β-unsaturated/α-hetero) is 1. The minimum atomic E-state index is -0.444. The van der Waals surface area contributed by atoms with Gasteiger partial charge in [0.05, 0.1) is 0 Å². The van der Waals surface area contributed by atoms with Crippen LogP contribution in [0.3, 0.4) is 0 Å². The third kappa shape index (κ3) is 3.30. The van der Waals surface area contributed by atoms with Gasteiger partial charge in [0.1, 0.15) is 17.3 Å². The number of ether oxygens (including phenoxy) is 1. The molecule has 0 fully saturated rings. The van der Waals surface area contributed by atoms with Crippen molar-refractivity contribution in [3.05, 3.63) is 29.6 Å². The first-order valence-corrected chi connectivity index (χ1v) is 5.34. The van der Waals surface area contributed by atoms with Crippen LogP contribution in [0.4, 0.5) is 4.39 Å². The predicted molar refractivity (Wildman–Crippen MR) is 56.4 cm³/mol. The fraction of sp³-hybridized carbons (Fsp3) is 0.364. The van der Waals surface area contributed by atoms with Crippen LogP contribution in [-0.2, 0) is 23.8 Å². The Hall–Kier alpha value is 0.606. The molecule has 2 nitrogen and oxygen atoms in total. The maximum absolute atomic E-state index is 12.9. The number of carbonyl (C=O) groups is 1. The zero-order chi connectivity index (χ0) is 10.8. The summed E-state index contributed by atoms with van der Waals surface area (Å²) in [6, 6.07) is 4.34. The second kappa shape index (κ2) is 6.52. The summed E-state index contributed by atoms with van der Waals surface area (Å²) in [5, 5.41) is 0. The molecule has 80 valence electrons. The monoisotopic (exact) mass is 264 g/mol. The van der Waals surface area contributed by atoms with Gasteiger partial charge in [0.15, 0.2) is 6.10 Å². The fourth-order valence-electron chi connectivity index (χ4n) is 1.68. The average molecular weight is 264 g/mol. The molecule has 0 radical (unpaired) electrons. The Morgan fingerprint density at radius 2 is 2.31 bits per heavy atom. The second-order valence-corrected chi connectivity index (χ2v) is 3.80. The van der Waals surface area contributed by atoms with Gasteiger partial charge in [-0.05, 0) is 36.6 Å². The molecule has 0 saturated carbocycles. The summed E-state index contributed by atoms with van der Waals surface area (Å²) < 4.78 is 18.3. The van der Waals surface area contributed by atoms with Crippen molar-refractivity contribution in [3.63, 3.8) is 0 Å². The Morgan fingerprint density at radius 1 is 1.56 bits per heavy atom. The van der Waals surface area contributed by atoms with E-state index in [1.165, 1.54) is 12.1 Å². The van der Waals surface area contributed by atoms with E-state index in [9.17, 15) is 9.18 Å². The summed E-state index contributed by atoms with van der Waals surface area (Å²) in [6.07, 6.45) is 0.811. The van der Waals surface area contributed by atoms with E-state index < -0.39 is 6.10 Å². The molecule has 0 bridgehead atoms. The largest absolute Gasteiger partial charge is 1.00 e. The Kier molecular flexibility index (Phi) is 5.97. The van der Waals surface area contributed by atoms with E-state index in [0.29, 0.717) is 18.6 Å². The number of carbonyl (C=O) groups excluding carboxylic acids is 1. The predicted octanol–water partition coefficient (Wildman–Crippen LogP) is -1.36. The quantitative estimate of drug-likeness (QED) is 0.487. The minimum Gasteiger partial charge on any atom is -0.785 e. The molecular weight excluding hydrogens is 254 g/mol. The zero-order valence-electron chi connectivity index (χ0n) is 9.03. The SMILES string of the molecule is O=C(C[S-])C1CCc2cc(F)ccc2O1.[K+]. The summed E-state index contributed by atoms with van der Waals surface area (Å²) in [5.41, 5.74) is 0.823. The molecule has 16 heavy (non-hydrogen) atoms. The molecule has 0 aliphatic carbocycles. The number of ketones is 1. The van der Waals surface area contributed by atoms with Gasteiger partial charge >= 0.3 is 51.4 Å². The van der Waals surface area contributed by atoms with Crippen molar-refractivity contribution in [2.24, 2.45) is 0 Å². The molecule has 0 aromatic heterocycles. The number of fused-ring (bicyclic) bond motifs is 1. The average Bonchev–Trinajstić information content (AvgIpc) is 2.27. The van der Waals surface area contributed by atoms with E-state index in [0.717, 1.165) is 5.56 Å². The summed E-state index contributed by atoms with van der Waals surface area (Å²) in [4.78, 5) is 11.3. The van der Waals surface area contributed by atoms with Crippen molar-refractivity contribution >= 4 is 18.4 Å². The molecule has 5 heteroatoms. The third-order valence-electron chi connectivity index (χ3n) is 2.47. The zero-order valence-corrected chi connectivity index (χ0v) is 13.0. The van der Waals surface area contributed by atoms with Crippen LogP contribution in [0.1, 0.15) is 12.0 Å². The van der Waals surface area contributed by atoms with Crippen LogP contribution in [0.5, 0.6) is 5.75 Å². The molecule has 1 aliphatic rings. The van der Waals surface area contributed by atoms with Gasteiger partial charge in [-0.3, -0.25) is 4.79 Å². The number of rotatable bonds is 2. The first-order valence-electron chi connectivity index (χ1n) is 4.76. The summed E-state index contributed by atoms with van der Waals surface area (Å²) in [7, 11) is 0. The van der Waals surface area contributed by atoms with Crippen LogP contribution in [-0.4, -0.2) is 17.6 Å². The molecule has 0 N–H and O–H groups in total. The standard InChI is InChI=1S/C11H11FO2S.K/c12-8-2-4-10-7(5-8)1-3-11(14-10)9(13)6-15;/h2,4-5,11,15H,1,3,6H2;/q;+1/p-1. The molecular formula is C11H10FKO2S. The molecule has 0 spiro atoms. The maximum atomic E-state index is 12.9.